The molecule has 0 aromatic heterocycles. The number of hydrogen-bond acceptors (Lipinski definition) is 5. The molecule has 2 aliphatic heterocycles. The Morgan fingerprint density at radius 1 is 0.931 bits per heavy atom. The van der Waals surface area contributed by atoms with Crippen molar-refractivity contribution in [2.24, 2.45) is 11.5 Å². The van der Waals surface area contributed by atoms with E-state index in [0.29, 0.717) is 25.3 Å². The van der Waals surface area contributed by atoms with E-state index in [-0.39, 0.29) is 18.0 Å². The molecule has 2 fully saturated rings. The molecule has 2 saturated heterocycles. The Balaban J connectivity index is 1.42. The summed E-state index contributed by atoms with van der Waals surface area (Å²) in [6, 6.07) is 20.2. The van der Waals surface area contributed by atoms with Gasteiger partial charge in [0.05, 0.1) is 13.3 Å². The highest BCUT2D eigenvalue weighted by molar-refractivity contribution is 5.28. The van der Waals surface area contributed by atoms with Crippen LogP contribution in [0.4, 0.5) is 0 Å². The fraction of sp³-hybridized carbons (Fsp3) is 0.500. The van der Waals surface area contributed by atoms with E-state index in [9.17, 15) is 0 Å². The predicted octanol–water partition coefficient (Wildman–Crippen LogP) is 2.33. The SMILES string of the molecule is CC1C(N)C(c2ccccc2)CN1Cc1ccc(C2COCN(C)CC2N)cc1. The minimum atomic E-state index is 0.0941. The van der Waals surface area contributed by atoms with Crippen molar-refractivity contribution in [3.63, 3.8) is 0 Å². The fourth-order valence-electron chi connectivity index (χ4n) is 4.80. The molecule has 0 saturated carbocycles. The molecule has 2 aromatic carbocycles. The molecule has 5 unspecified atom stereocenters. The standard InChI is InChI=1S/C24H34N4O/c1-17-24(26)21(19-6-4-3-5-7-19)13-28(17)12-18-8-10-20(11-9-18)22-15-29-16-27(2)14-23(22)25/h3-11,17,21-24H,12-16,25-26H2,1-2H3. The van der Waals surface area contributed by atoms with Crippen molar-refractivity contribution in [1.29, 1.82) is 0 Å². The topological polar surface area (TPSA) is 67.8 Å². The number of likely N-dealkylation sites (tertiary alicyclic amines) is 1. The highest BCUT2D eigenvalue weighted by Gasteiger charge is 2.37. The smallest absolute Gasteiger partial charge is 0.0988 e. The largest absolute Gasteiger partial charge is 0.365 e. The highest BCUT2D eigenvalue weighted by atomic mass is 16.5. The molecule has 5 heteroatoms. The molecule has 4 N–H and O–H groups in total. The molecule has 2 aromatic rings. The van der Waals surface area contributed by atoms with Gasteiger partial charge >= 0.3 is 0 Å². The lowest BCUT2D eigenvalue weighted by molar-refractivity contribution is 0.0603. The van der Waals surface area contributed by atoms with E-state index in [2.05, 4.69) is 78.4 Å². The Morgan fingerprint density at radius 3 is 2.34 bits per heavy atom. The molecule has 5 nitrogen and oxygen atoms in total. The van der Waals surface area contributed by atoms with E-state index in [0.717, 1.165) is 19.6 Å². The summed E-state index contributed by atoms with van der Waals surface area (Å²) >= 11 is 0. The number of hydrogen-bond donors (Lipinski definition) is 2. The summed E-state index contributed by atoms with van der Waals surface area (Å²) in [6.45, 7) is 6.37. The second kappa shape index (κ2) is 8.94. The first-order valence-corrected chi connectivity index (χ1v) is 10.7. The van der Waals surface area contributed by atoms with Crippen molar-refractivity contribution in [2.45, 2.75) is 43.4 Å². The third-order valence-corrected chi connectivity index (χ3v) is 6.70. The molecule has 5 atom stereocenters. The van der Waals surface area contributed by atoms with Crippen LogP contribution >= 0.6 is 0 Å². The van der Waals surface area contributed by atoms with Crippen molar-refractivity contribution in [2.75, 3.05) is 33.5 Å². The lowest BCUT2D eigenvalue weighted by Gasteiger charge is -2.24. The van der Waals surface area contributed by atoms with E-state index >= 15 is 0 Å². The monoisotopic (exact) mass is 394 g/mol. The quantitative estimate of drug-likeness (QED) is 0.833. The maximum absolute atomic E-state index is 6.59. The third-order valence-electron chi connectivity index (χ3n) is 6.70. The van der Waals surface area contributed by atoms with Gasteiger partial charge in [0, 0.05) is 49.6 Å². The van der Waals surface area contributed by atoms with E-state index in [1.165, 1.54) is 16.7 Å². The number of ether oxygens (including phenoxy) is 1. The number of likely N-dealkylation sites (N-methyl/N-ethyl adjacent to an activating group) is 1. The van der Waals surface area contributed by atoms with Crippen molar-refractivity contribution >= 4 is 0 Å². The summed E-state index contributed by atoms with van der Waals surface area (Å²) < 4.78 is 5.79. The van der Waals surface area contributed by atoms with Crippen molar-refractivity contribution in [3.05, 3.63) is 71.3 Å². The third kappa shape index (κ3) is 4.55. The second-order valence-corrected chi connectivity index (χ2v) is 8.82. The number of nitrogens with zero attached hydrogens (tertiary/aromatic N) is 2. The van der Waals surface area contributed by atoms with E-state index in [4.69, 9.17) is 16.2 Å². The Hall–Kier alpha value is -1.76. The van der Waals surface area contributed by atoms with Crippen LogP contribution in [0, 0.1) is 0 Å². The minimum Gasteiger partial charge on any atom is -0.365 e. The fourth-order valence-corrected chi connectivity index (χ4v) is 4.80. The maximum atomic E-state index is 6.59. The second-order valence-electron chi connectivity index (χ2n) is 8.82. The van der Waals surface area contributed by atoms with Crippen LogP contribution in [-0.2, 0) is 11.3 Å². The zero-order valence-electron chi connectivity index (χ0n) is 17.6. The summed E-state index contributed by atoms with van der Waals surface area (Å²) in [5.41, 5.74) is 17.0. The van der Waals surface area contributed by atoms with Gasteiger partial charge in [0.15, 0.2) is 0 Å². The first kappa shape index (κ1) is 20.5. The van der Waals surface area contributed by atoms with Gasteiger partial charge in [0.25, 0.3) is 0 Å². The van der Waals surface area contributed by atoms with Gasteiger partial charge < -0.3 is 16.2 Å². The highest BCUT2D eigenvalue weighted by Crippen LogP contribution is 2.32. The lowest BCUT2D eigenvalue weighted by Crippen LogP contribution is -2.38. The molecule has 0 spiro atoms. The van der Waals surface area contributed by atoms with E-state index in [1.807, 2.05) is 0 Å². The van der Waals surface area contributed by atoms with Crippen molar-refractivity contribution < 1.29 is 4.74 Å². The van der Waals surface area contributed by atoms with Crippen LogP contribution in [0.2, 0.25) is 0 Å². The molecule has 29 heavy (non-hydrogen) atoms. The Bertz CT molecular complexity index is 781. The summed E-state index contributed by atoms with van der Waals surface area (Å²) in [6.07, 6.45) is 0. The number of rotatable bonds is 4. The van der Waals surface area contributed by atoms with Crippen molar-refractivity contribution in [3.8, 4) is 0 Å². The Kier molecular flexibility index (Phi) is 6.32. The summed E-state index contributed by atoms with van der Waals surface area (Å²) in [5, 5.41) is 0. The van der Waals surface area contributed by atoms with Crippen LogP contribution < -0.4 is 11.5 Å². The average molecular weight is 395 g/mol. The number of benzene rings is 2. The van der Waals surface area contributed by atoms with Gasteiger partial charge in [-0.2, -0.15) is 0 Å². The van der Waals surface area contributed by atoms with Gasteiger partial charge in [-0.15, -0.1) is 0 Å². The zero-order valence-corrected chi connectivity index (χ0v) is 17.6. The summed E-state index contributed by atoms with van der Waals surface area (Å²) in [5.74, 6) is 0.638. The molecular weight excluding hydrogens is 360 g/mol. The molecule has 0 aliphatic carbocycles. The first-order valence-electron chi connectivity index (χ1n) is 10.7. The van der Waals surface area contributed by atoms with Crippen LogP contribution in [0.1, 0.15) is 35.4 Å². The zero-order chi connectivity index (χ0) is 20.4. The molecule has 0 radical (unpaired) electrons. The van der Waals surface area contributed by atoms with Crippen LogP contribution in [0.15, 0.2) is 54.6 Å². The molecule has 0 amide bonds. The minimum absolute atomic E-state index is 0.0941. The van der Waals surface area contributed by atoms with Gasteiger partial charge in [-0.25, -0.2) is 0 Å². The molecule has 0 bridgehead atoms. The Morgan fingerprint density at radius 2 is 1.62 bits per heavy atom. The molecule has 156 valence electrons. The van der Waals surface area contributed by atoms with Gasteiger partial charge in [-0.3, -0.25) is 9.80 Å². The predicted molar refractivity (Wildman–Crippen MR) is 118 cm³/mol. The molecule has 4 rings (SSSR count). The van der Waals surface area contributed by atoms with Gasteiger partial charge in [-0.1, -0.05) is 54.6 Å². The van der Waals surface area contributed by atoms with Gasteiger partial charge in [0.2, 0.25) is 0 Å². The number of nitrogens with two attached hydrogens (primary N) is 2. The normalized spacial score (nSPS) is 31.7. The van der Waals surface area contributed by atoms with E-state index < -0.39 is 0 Å². The molecular formula is C24H34N4O. The van der Waals surface area contributed by atoms with Crippen LogP contribution in [0.5, 0.6) is 0 Å². The van der Waals surface area contributed by atoms with Crippen LogP contribution in [-0.4, -0.2) is 61.4 Å². The van der Waals surface area contributed by atoms with Gasteiger partial charge in [0.1, 0.15) is 0 Å². The first-order chi connectivity index (χ1) is 14.0. The Labute approximate surface area is 174 Å². The lowest BCUT2D eigenvalue weighted by atomic mass is 9.92. The summed E-state index contributed by atoms with van der Waals surface area (Å²) in [4.78, 5) is 4.65. The molecule has 2 heterocycles. The van der Waals surface area contributed by atoms with Crippen molar-refractivity contribution in [1.82, 2.24) is 9.80 Å². The average Bonchev–Trinajstić information content (AvgIpc) is 2.89. The van der Waals surface area contributed by atoms with E-state index in [1.54, 1.807) is 0 Å². The summed E-state index contributed by atoms with van der Waals surface area (Å²) in [7, 11) is 2.05. The van der Waals surface area contributed by atoms with Crippen LogP contribution in [0.25, 0.3) is 0 Å². The molecule has 2 aliphatic rings. The maximum Gasteiger partial charge on any atom is 0.0988 e. The van der Waals surface area contributed by atoms with Gasteiger partial charge in [-0.05, 0) is 30.7 Å². The van der Waals surface area contributed by atoms with Crippen LogP contribution in [0.3, 0.4) is 0 Å².